The normalized spacial score (nSPS) is 24.8. The number of halogens is 2. The summed E-state index contributed by atoms with van der Waals surface area (Å²) in [6, 6.07) is 7.42. The van der Waals surface area contributed by atoms with Gasteiger partial charge in [0.15, 0.2) is 13.5 Å². The van der Waals surface area contributed by atoms with Crippen molar-refractivity contribution in [3.05, 3.63) is 40.3 Å². The first-order chi connectivity index (χ1) is 13.4. The second kappa shape index (κ2) is 8.65. The lowest BCUT2D eigenvalue weighted by atomic mass is 9.83. The van der Waals surface area contributed by atoms with Gasteiger partial charge < -0.3 is 4.43 Å². The second-order valence-electron chi connectivity index (χ2n) is 9.05. The highest BCUT2D eigenvalue weighted by Gasteiger charge is 2.54. The van der Waals surface area contributed by atoms with Gasteiger partial charge in [0.1, 0.15) is 0 Å². The third kappa shape index (κ3) is 4.79. The summed E-state index contributed by atoms with van der Waals surface area (Å²) in [5.74, 6) is -0.0641. The van der Waals surface area contributed by atoms with Crippen molar-refractivity contribution < 1.29 is 9.22 Å². The Morgan fingerprint density at radius 1 is 1.38 bits per heavy atom. The van der Waals surface area contributed by atoms with Crippen LogP contribution >= 0.6 is 46.0 Å². The van der Waals surface area contributed by atoms with Crippen molar-refractivity contribution in [1.29, 1.82) is 0 Å². The highest BCUT2D eigenvalue weighted by Crippen LogP contribution is 2.45. The van der Waals surface area contributed by atoms with Crippen molar-refractivity contribution in [2.75, 3.05) is 4.43 Å². The first kappa shape index (κ1) is 23.3. The van der Waals surface area contributed by atoms with Crippen molar-refractivity contribution in [2.45, 2.75) is 58.0 Å². The Bertz CT molecular complexity index is 868. The third-order valence-electron chi connectivity index (χ3n) is 5.93. The summed E-state index contributed by atoms with van der Waals surface area (Å²) < 4.78 is 7.45. The molecule has 2 heterocycles. The number of amides is 1. The van der Waals surface area contributed by atoms with Gasteiger partial charge in [0.25, 0.3) is 0 Å². The summed E-state index contributed by atoms with van der Waals surface area (Å²) in [6.45, 7) is 13.2. The average molecular weight is 563 g/mol. The molecule has 0 N–H and O–H groups in total. The maximum atomic E-state index is 13.1. The zero-order valence-corrected chi connectivity index (χ0v) is 22.4. The minimum Gasteiger partial charge on any atom is -0.413 e. The smallest absolute Gasteiger partial charge is 0.237 e. The Labute approximate surface area is 197 Å². The van der Waals surface area contributed by atoms with E-state index in [0.29, 0.717) is 5.02 Å². The van der Waals surface area contributed by atoms with Gasteiger partial charge in [-0.1, -0.05) is 72.8 Å². The maximum Gasteiger partial charge on any atom is 0.237 e. The van der Waals surface area contributed by atoms with Crippen LogP contribution in [0.1, 0.15) is 27.7 Å². The Morgan fingerprint density at radius 3 is 2.66 bits per heavy atom. The summed E-state index contributed by atoms with van der Waals surface area (Å²) in [4.78, 5) is 20.9. The lowest BCUT2D eigenvalue weighted by Gasteiger charge is -2.51. The van der Waals surface area contributed by atoms with Crippen LogP contribution in [0.25, 0.3) is 0 Å². The fourth-order valence-electron chi connectivity index (χ4n) is 3.32. The van der Waals surface area contributed by atoms with E-state index in [0.717, 1.165) is 15.3 Å². The number of rotatable bonds is 5. The summed E-state index contributed by atoms with van der Waals surface area (Å²) >= 11 is 10.0. The van der Waals surface area contributed by atoms with E-state index in [-0.39, 0.29) is 29.0 Å². The molecule has 0 unspecified atom stereocenters. The highest BCUT2D eigenvalue weighted by atomic mass is 127. The molecule has 0 saturated carbocycles. The van der Waals surface area contributed by atoms with Gasteiger partial charge in [-0.2, -0.15) is 0 Å². The van der Waals surface area contributed by atoms with E-state index >= 15 is 0 Å². The number of amidine groups is 1. The quantitative estimate of drug-likeness (QED) is 0.175. The Balaban J connectivity index is 1.86. The van der Waals surface area contributed by atoms with Crippen LogP contribution in [0.4, 0.5) is 5.69 Å². The monoisotopic (exact) mass is 562 g/mol. The average Bonchev–Trinajstić information content (AvgIpc) is 2.59. The van der Waals surface area contributed by atoms with Gasteiger partial charge in [0, 0.05) is 14.4 Å². The Hall–Kier alpha value is -0.353. The number of benzene rings is 1. The number of hydrogen-bond donors (Lipinski definition) is 0. The van der Waals surface area contributed by atoms with Crippen LogP contribution in [0, 0.1) is 5.92 Å². The zero-order valence-electron chi connectivity index (χ0n) is 17.7. The molecule has 1 aromatic rings. The van der Waals surface area contributed by atoms with Gasteiger partial charge in [0.2, 0.25) is 5.91 Å². The number of alkyl halides is 1. The molecule has 0 aliphatic carbocycles. The highest BCUT2D eigenvalue weighted by molar-refractivity contribution is 14.1. The van der Waals surface area contributed by atoms with Crippen molar-refractivity contribution in [2.24, 2.45) is 10.9 Å². The first-order valence-corrected chi connectivity index (χ1v) is 15.4. The van der Waals surface area contributed by atoms with Gasteiger partial charge >= 0.3 is 0 Å². The van der Waals surface area contributed by atoms with Crippen LogP contribution in [0.3, 0.4) is 0 Å². The predicted molar refractivity (Wildman–Crippen MR) is 135 cm³/mol. The molecule has 1 fully saturated rings. The molecule has 8 heteroatoms. The van der Waals surface area contributed by atoms with E-state index in [9.17, 15) is 4.79 Å². The molecule has 0 bridgehead atoms. The van der Waals surface area contributed by atoms with E-state index < -0.39 is 8.32 Å². The van der Waals surface area contributed by atoms with E-state index in [2.05, 4.69) is 62.5 Å². The van der Waals surface area contributed by atoms with E-state index in [1.807, 2.05) is 36.1 Å². The lowest BCUT2D eigenvalue weighted by Crippen LogP contribution is -2.67. The number of nitrogens with zero attached hydrogens (tertiary/aromatic N) is 2. The van der Waals surface area contributed by atoms with Crippen LogP contribution in [0.15, 0.2) is 40.2 Å². The van der Waals surface area contributed by atoms with Gasteiger partial charge in [-0.05, 0) is 49.3 Å². The molecule has 1 amide bonds. The SMILES string of the molecule is C[C@@H](O[Si](C)(C)C(C)(C)C)[C@H]1C(=O)N2C(=Nc3cccc(Cl)c3)SC(CI)=C[C@H]12. The standard InChI is InChI=1S/C21H28ClIN2O2SSi/c1-13(27-29(5,6)21(2,3)4)18-17-11-16(12-23)28-20(25(17)19(18)26)24-15-9-7-8-14(22)10-15/h7-11,13,17-18H,12H2,1-6H3/t13-,17-,18-/m1/s1. The van der Waals surface area contributed by atoms with Crippen molar-refractivity contribution >= 4 is 71.0 Å². The van der Waals surface area contributed by atoms with Crippen molar-refractivity contribution in [3.63, 3.8) is 0 Å². The first-order valence-electron chi connectivity index (χ1n) is 9.74. The van der Waals surface area contributed by atoms with Gasteiger partial charge in [-0.15, -0.1) is 0 Å². The van der Waals surface area contributed by atoms with Gasteiger partial charge in [0.05, 0.1) is 23.8 Å². The zero-order chi connectivity index (χ0) is 21.6. The molecular weight excluding hydrogens is 535 g/mol. The molecule has 29 heavy (non-hydrogen) atoms. The predicted octanol–water partition coefficient (Wildman–Crippen LogP) is 6.63. The number of β-lactam (4-membered cyclic amide) rings is 1. The molecule has 0 aromatic heterocycles. The molecule has 3 rings (SSSR count). The topological polar surface area (TPSA) is 41.9 Å². The number of allylic oxidation sites excluding steroid dienone is 1. The summed E-state index contributed by atoms with van der Waals surface area (Å²) in [5, 5.41) is 1.48. The maximum absolute atomic E-state index is 13.1. The molecule has 1 saturated heterocycles. The van der Waals surface area contributed by atoms with Crippen LogP contribution in [0.2, 0.25) is 23.2 Å². The molecule has 3 atom stereocenters. The number of hydrogen-bond acceptors (Lipinski definition) is 4. The summed E-state index contributed by atoms with van der Waals surface area (Å²) in [7, 11) is -1.95. The number of carbonyl (C=O) groups excluding carboxylic acids is 1. The molecule has 1 aromatic carbocycles. The fourth-order valence-corrected chi connectivity index (χ4v) is 6.61. The Kier molecular flexibility index (Phi) is 6.95. The van der Waals surface area contributed by atoms with Crippen molar-refractivity contribution in [3.8, 4) is 0 Å². The third-order valence-corrected chi connectivity index (χ3v) is 13.1. The number of carbonyl (C=O) groups is 1. The summed E-state index contributed by atoms with van der Waals surface area (Å²) in [5.41, 5.74) is 0.760. The van der Waals surface area contributed by atoms with Crippen LogP contribution < -0.4 is 0 Å². The van der Waals surface area contributed by atoms with Crippen molar-refractivity contribution in [1.82, 2.24) is 4.90 Å². The van der Waals surface area contributed by atoms with Gasteiger partial charge in [-0.3, -0.25) is 9.69 Å². The fraction of sp³-hybridized carbons (Fsp3) is 0.524. The number of thioether (sulfide) groups is 1. The van der Waals surface area contributed by atoms with Crippen LogP contribution in [0.5, 0.6) is 0 Å². The van der Waals surface area contributed by atoms with Gasteiger partial charge in [-0.25, -0.2) is 4.99 Å². The number of fused-ring (bicyclic) bond motifs is 1. The van der Waals surface area contributed by atoms with Crippen LogP contribution in [-0.2, 0) is 9.22 Å². The molecule has 2 aliphatic rings. The molecular formula is C21H28ClIN2O2SSi. The van der Waals surface area contributed by atoms with E-state index in [1.54, 1.807) is 11.8 Å². The second-order valence-corrected chi connectivity index (χ2v) is 16.1. The molecule has 158 valence electrons. The minimum atomic E-state index is -1.95. The molecule has 4 nitrogen and oxygen atoms in total. The Morgan fingerprint density at radius 2 is 2.07 bits per heavy atom. The number of aliphatic imine (C=N–C) groups is 1. The largest absolute Gasteiger partial charge is 0.413 e. The minimum absolute atomic E-state index is 0.00576. The summed E-state index contributed by atoms with van der Waals surface area (Å²) in [6.07, 6.45) is 2.10. The van der Waals surface area contributed by atoms with Crippen LogP contribution in [-0.4, -0.2) is 40.9 Å². The molecule has 0 spiro atoms. The molecule has 2 aliphatic heterocycles. The molecule has 0 radical (unpaired) electrons. The lowest BCUT2D eigenvalue weighted by molar-refractivity contribution is -0.150. The van der Waals surface area contributed by atoms with E-state index in [1.165, 1.54) is 4.91 Å². The van der Waals surface area contributed by atoms with E-state index in [4.69, 9.17) is 21.0 Å².